The van der Waals surface area contributed by atoms with E-state index in [0.717, 1.165) is 4.31 Å². The number of sulfonamides is 1. The van der Waals surface area contributed by atoms with Crippen LogP contribution in [-0.4, -0.2) is 25.2 Å². The number of hydrogen-bond donors (Lipinski definition) is 1. The van der Waals surface area contributed by atoms with Crippen molar-refractivity contribution in [2.75, 3.05) is 11.9 Å². The average Bonchev–Trinajstić information content (AvgIpc) is 2.73. The molecule has 0 aromatic heterocycles. The monoisotopic (exact) mass is 500 g/mol. The van der Waals surface area contributed by atoms with Crippen molar-refractivity contribution >= 4 is 56.4 Å². The lowest BCUT2D eigenvalue weighted by atomic mass is 10.2. The summed E-state index contributed by atoms with van der Waals surface area (Å²) in [4.78, 5) is 12.7. The van der Waals surface area contributed by atoms with Crippen molar-refractivity contribution in [2.45, 2.75) is 11.4 Å². The lowest BCUT2D eigenvalue weighted by Crippen LogP contribution is -2.37. The van der Waals surface area contributed by atoms with Gasteiger partial charge in [0.25, 0.3) is 0 Å². The molecule has 1 N–H and O–H groups in total. The van der Waals surface area contributed by atoms with Gasteiger partial charge in [0, 0.05) is 6.54 Å². The van der Waals surface area contributed by atoms with Crippen molar-refractivity contribution in [1.82, 2.24) is 4.31 Å². The second-order valence-corrected chi connectivity index (χ2v) is 9.67. The summed E-state index contributed by atoms with van der Waals surface area (Å²) in [6.07, 6.45) is 0. The summed E-state index contributed by atoms with van der Waals surface area (Å²) in [5, 5.41) is 3.10. The maximum absolute atomic E-state index is 13.2. The molecule has 0 fully saturated rings. The van der Waals surface area contributed by atoms with E-state index in [1.807, 2.05) is 0 Å². The molecule has 0 bridgehead atoms. The highest BCUT2D eigenvalue weighted by Gasteiger charge is 2.27. The second kappa shape index (κ2) is 9.97. The summed E-state index contributed by atoms with van der Waals surface area (Å²) in [5.41, 5.74) is 0.709. The van der Waals surface area contributed by atoms with Gasteiger partial charge in [-0.05, 0) is 42.0 Å². The summed E-state index contributed by atoms with van der Waals surface area (Å²) in [6, 6.07) is 15.8. The van der Waals surface area contributed by atoms with Crippen LogP contribution in [0.4, 0.5) is 10.1 Å². The molecule has 0 aliphatic carbocycles. The Hall–Kier alpha value is -2.16. The van der Waals surface area contributed by atoms with Gasteiger partial charge in [-0.15, -0.1) is 0 Å². The Morgan fingerprint density at radius 3 is 2.16 bits per heavy atom. The van der Waals surface area contributed by atoms with Crippen LogP contribution >= 0.6 is 34.8 Å². The number of benzene rings is 3. The van der Waals surface area contributed by atoms with Crippen molar-refractivity contribution in [1.29, 1.82) is 0 Å². The van der Waals surface area contributed by atoms with Gasteiger partial charge in [-0.1, -0.05) is 65.1 Å². The first-order valence-corrected chi connectivity index (χ1v) is 11.5. The number of carbonyl (C=O) groups excluding carboxylic acids is 1. The zero-order valence-corrected chi connectivity index (χ0v) is 18.9. The number of nitrogens with one attached hydrogen (secondary N) is 1. The van der Waals surface area contributed by atoms with Gasteiger partial charge >= 0.3 is 0 Å². The minimum Gasteiger partial charge on any atom is -0.324 e. The molecule has 0 spiro atoms. The van der Waals surface area contributed by atoms with Crippen LogP contribution in [0.3, 0.4) is 0 Å². The molecule has 162 valence electrons. The Bertz CT molecular complexity index is 1190. The van der Waals surface area contributed by atoms with Crippen molar-refractivity contribution in [2.24, 2.45) is 0 Å². The molecule has 0 unspecified atom stereocenters. The molecule has 1 amide bonds. The van der Waals surface area contributed by atoms with Crippen LogP contribution in [0.5, 0.6) is 0 Å². The smallest absolute Gasteiger partial charge is 0.243 e. The predicted octanol–water partition coefficient (Wildman–Crippen LogP) is 5.62. The Balaban J connectivity index is 1.88. The fourth-order valence-electron chi connectivity index (χ4n) is 2.73. The Labute approximate surface area is 194 Å². The van der Waals surface area contributed by atoms with Gasteiger partial charge in [0.1, 0.15) is 5.82 Å². The molecule has 0 aliphatic rings. The summed E-state index contributed by atoms with van der Waals surface area (Å²) in [5.74, 6) is -1.09. The van der Waals surface area contributed by atoms with E-state index in [4.69, 9.17) is 34.8 Å². The van der Waals surface area contributed by atoms with E-state index in [9.17, 15) is 17.6 Å². The number of amides is 1. The fourth-order valence-corrected chi connectivity index (χ4v) is 4.73. The standard InChI is InChI=1S/C21H16Cl3FN2O3S/c22-17-10-19(24)20(11-18(17)23)26-21(28)13-27(12-14-6-8-15(25)9-7-14)31(29,30)16-4-2-1-3-5-16/h1-11H,12-13H2,(H,26,28). The lowest BCUT2D eigenvalue weighted by Gasteiger charge is -2.22. The molecule has 31 heavy (non-hydrogen) atoms. The van der Waals surface area contributed by atoms with Crippen LogP contribution in [0.2, 0.25) is 15.1 Å². The molecule has 0 saturated heterocycles. The zero-order valence-electron chi connectivity index (χ0n) is 15.9. The van der Waals surface area contributed by atoms with Crippen LogP contribution in [0, 0.1) is 5.82 Å². The third kappa shape index (κ3) is 5.96. The molecule has 5 nitrogen and oxygen atoms in total. The van der Waals surface area contributed by atoms with E-state index < -0.39 is 28.3 Å². The first-order chi connectivity index (χ1) is 14.7. The largest absolute Gasteiger partial charge is 0.324 e. The number of hydrogen-bond acceptors (Lipinski definition) is 3. The number of nitrogens with zero attached hydrogens (tertiary/aromatic N) is 1. The van der Waals surface area contributed by atoms with Gasteiger partial charge in [0.2, 0.25) is 15.9 Å². The minimum absolute atomic E-state index is 0.0254. The zero-order chi connectivity index (χ0) is 22.6. The maximum atomic E-state index is 13.2. The molecule has 0 aliphatic heterocycles. The maximum Gasteiger partial charge on any atom is 0.243 e. The number of rotatable bonds is 7. The molecule has 3 rings (SSSR count). The average molecular weight is 502 g/mol. The van der Waals surface area contributed by atoms with Crippen LogP contribution in [0.15, 0.2) is 71.6 Å². The summed E-state index contributed by atoms with van der Waals surface area (Å²) in [6.45, 7) is -0.648. The summed E-state index contributed by atoms with van der Waals surface area (Å²) < 4.78 is 40.6. The van der Waals surface area contributed by atoms with E-state index in [0.29, 0.717) is 5.56 Å². The predicted molar refractivity (Wildman–Crippen MR) is 121 cm³/mol. The van der Waals surface area contributed by atoms with E-state index in [2.05, 4.69) is 5.32 Å². The summed E-state index contributed by atoms with van der Waals surface area (Å²) in [7, 11) is -4.02. The molecular formula is C21H16Cl3FN2O3S. The van der Waals surface area contributed by atoms with Crippen LogP contribution in [-0.2, 0) is 21.4 Å². The van der Waals surface area contributed by atoms with Crippen molar-refractivity contribution in [3.05, 3.63) is 93.2 Å². The van der Waals surface area contributed by atoms with E-state index >= 15 is 0 Å². The summed E-state index contributed by atoms with van der Waals surface area (Å²) >= 11 is 17.9. The minimum atomic E-state index is -4.02. The van der Waals surface area contributed by atoms with Crippen LogP contribution in [0.25, 0.3) is 0 Å². The van der Waals surface area contributed by atoms with Gasteiger partial charge in [-0.2, -0.15) is 4.31 Å². The molecule has 10 heteroatoms. The van der Waals surface area contributed by atoms with Gasteiger partial charge in [0.15, 0.2) is 0 Å². The van der Waals surface area contributed by atoms with Gasteiger partial charge < -0.3 is 5.32 Å². The quantitative estimate of drug-likeness (QED) is 0.428. The molecule has 3 aromatic rings. The van der Waals surface area contributed by atoms with E-state index in [1.165, 1.54) is 48.5 Å². The molecule has 3 aromatic carbocycles. The molecule has 0 radical (unpaired) electrons. The number of halogens is 4. The highest BCUT2D eigenvalue weighted by molar-refractivity contribution is 7.89. The SMILES string of the molecule is O=C(CN(Cc1ccc(F)cc1)S(=O)(=O)c1ccccc1)Nc1cc(Cl)c(Cl)cc1Cl. The highest BCUT2D eigenvalue weighted by atomic mass is 35.5. The Kier molecular flexibility index (Phi) is 7.56. The molecular weight excluding hydrogens is 486 g/mol. The second-order valence-electron chi connectivity index (χ2n) is 6.51. The Morgan fingerprint density at radius 1 is 0.903 bits per heavy atom. The van der Waals surface area contributed by atoms with Gasteiger partial charge in [0.05, 0.1) is 32.2 Å². The number of carbonyl (C=O) groups is 1. The first kappa shape index (κ1) is 23.5. The van der Waals surface area contributed by atoms with Crippen molar-refractivity contribution in [3.8, 4) is 0 Å². The molecule has 0 saturated carbocycles. The first-order valence-electron chi connectivity index (χ1n) is 8.91. The normalized spacial score (nSPS) is 11.5. The van der Waals surface area contributed by atoms with Gasteiger partial charge in [-0.25, -0.2) is 12.8 Å². The van der Waals surface area contributed by atoms with E-state index in [-0.39, 0.29) is 32.2 Å². The number of anilines is 1. The van der Waals surface area contributed by atoms with Crippen molar-refractivity contribution < 1.29 is 17.6 Å². The lowest BCUT2D eigenvalue weighted by molar-refractivity contribution is -0.116. The highest BCUT2D eigenvalue weighted by Crippen LogP contribution is 2.32. The topological polar surface area (TPSA) is 66.5 Å². The van der Waals surface area contributed by atoms with Crippen LogP contribution < -0.4 is 5.32 Å². The third-order valence-electron chi connectivity index (χ3n) is 4.26. The Morgan fingerprint density at radius 2 is 1.52 bits per heavy atom. The molecule has 0 atom stereocenters. The third-order valence-corrected chi connectivity index (χ3v) is 7.10. The van der Waals surface area contributed by atoms with E-state index in [1.54, 1.807) is 18.2 Å². The fraction of sp³-hybridized carbons (Fsp3) is 0.0952. The van der Waals surface area contributed by atoms with Gasteiger partial charge in [-0.3, -0.25) is 4.79 Å². The molecule has 0 heterocycles. The van der Waals surface area contributed by atoms with Crippen LogP contribution in [0.1, 0.15) is 5.56 Å². The van der Waals surface area contributed by atoms with Crippen molar-refractivity contribution in [3.63, 3.8) is 0 Å².